The van der Waals surface area contributed by atoms with Crippen molar-refractivity contribution in [2.24, 2.45) is 5.73 Å². The zero-order valence-corrected chi connectivity index (χ0v) is 14.9. The topological polar surface area (TPSA) is 52.8 Å². The van der Waals surface area contributed by atoms with Crippen LogP contribution in [-0.2, 0) is 6.54 Å². The molecule has 5 nitrogen and oxygen atoms in total. The summed E-state index contributed by atoms with van der Waals surface area (Å²) in [4.78, 5) is 19.5. The Balaban J connectivity index is 1.58. The number of carbonyl (C=O) groups is 1. The lowest BCUT2D eigenvalue weighted by molar-refractivity contribution is 0.0619. The first-order valence-corrected chi connectivity index (χ1v) is 9.09. The van der Waals surface area contributed by atoms with Crippen molar-refractivity contribution in [1.82, 2.24) is 14.7 Å². The molecule has 2 fully saturated rings. The molecule has 3 rings (SSSR count). The molecule has 1 amide bonds. The standard InChI is InChI=1S/C19H30N4O/c1-15-13-18(20)7-8-23(15)19(24)17-5-3-16(4-6-17)14-22-11-9-21(2)10-12-22/h3-6,15,18H,7-14,20H2,1-2H3. The number of amides is 1. The van der Waals surface area contributed by atoms with Gasteiger partial charge in [-0.25, -0.2) is 0 Å². The number of piperidine rings is 1. The highest BCUT2D eigenvalue weighted by molar-refractivity contribution is 5.94. The van der Waals surface area contributed by atoms with Gasteiger partial charge in [0.05, 0.1) is 0 Å². The number of hydrogen-bond acceptors (Lipinski definition) is 4. The fraction of sp³-hybridized carbons (Fsp3) is 0.632. The Labute approximate surface area is 145 Å². The first-order valence-electron chi connectivity index (χ1n) is 9.09. The van der Waals surface area contributed by atoms with Crippen molar-refractivity contribution in [3.8, 4) is 0 Å². The van der Waals surface area contributed by atoms with Crippen LogP contribution in [0, 0.1) is 0 Å². The molecule has 0 bridgehead atoms. The second-order valence-corrected chi connectivity index (χ2v) is 7.41. The fourth-order valence-electron chi connectivity index (χ4n) is 3.69. The molecule has 2 aliphatic heterocycles. The molecule has 2 N–H and O–H groups in total. The van der Waals surface area contributed by atoms with E-state index in [0.29, 0.717) is 0 Å². The Morgan fingerprint density at radius 2 is 1.79 bits per heavy atom. The lowest BCUT2D eigenvalue weighted by Gasteiger charge is -2.36. The Kier molecular flexibility index (Phi) is 5.54. The van der Waals surface area contributed by atoms with Crippen molar-refractivity contribution in [3.05, 3.63) is 35.4 Å². The third-order valence-electron chi connectivity index (χ3n) is 5.38. The van der Waals surface area contributed by atoms with Crippen molar-refractivity contribution < 1.29 is 4.79 Å². The summed E-state index contributed by atoms with van der Waals surface area (Å²) in [6.45, 7) is 8.32. The third-order valence-corrected chi connectivity index (χ3v) is 5.38. The summed E-state index contributed by atoms with van der Waals surface area (Å²) in [6.07, 6.45) is 1.80. The second-order valence-electron chi connectivity index (χ2n) is 7.41. The van der Waals surface area contributed by atoms with E-state index in [0.717, 1.165) is 57.7 Å². The predicted molar refractivity (Wildman–Crippen MR) is 96.9 cm³/mol. The maximum atomic E-state index is 12.7. The molecule has 0 spiro atoms. The second kappa shape index (κ2) is 7.64. The van der Waals surface area contributed by atoms with E-state index >= 15 is 0 Å². The van der Waals surface area contributed by atoms with E-state index in [2.05, 4.69) is 35.9 Å². The fourth-order valence-corrected chi connectivity index (χ4v) is 3.69. The molecular formula is C19H30N4O. The first-order chi connectivity index (χ1) is 11.5. The van der Waals surface area contributed by atoms with Gasteiger partial charge in [0.1, 0.15) is 0 Å². The Hall–Kier alpha value is -1.43. The van der Waals surface area contributed by atoms with Crippen LogP contribution >= 0.6 is 0 Å². The minimum absolute atomic E-state index is 0.139. The van der Waals surface area contributed by atoms with Gasteiger partial charge in [0.2, 0.25) is 0 Å². The average Bonchev–Trinajstić information content (AvgIpc) is 2.57. The number of carbonyl (C=O) groups excluding carboxylic acids is 1. The predicted octanol–water partition coefficient (Wildman–Crippen LogP) is 1.39. The van der Waals surface area contributed by atoms with Crippen molar-refractivity contribution >= 4 is 5.91 Å². The minimum atomic E-state index is 0.139. The molecule has 1 aromatic rings. The van der Waals surface area contributed by atoms with Crippen LogP contribution in [-0.4, -0.2) is 72.5 Å². The molecule has 0 radical (unpaired) electrons. The highest BCUT2D eigenvalue weighted by atomic mass is 16.2. The van der Waals surface area contributed by atoms with Gasteiger partial charge in [-0.15, -0.1) is 0 Å². The largest absolute Gasteiger partial charge is 0.336 e. The van der Waals surface area contributed by atoms with Crippen molar-refractivity contribution in [3.63, 3.8) is 0 Å². The van der Waals surface area contributed by atoms with Gasteiger partial charge in [0, 0.05) is 56.9 Å². The maximum absolute atomic E-state index is 12.7. The molecule has 2 heterocycles. The van der Waals surface area contributed by atoms with E-state index in [-0.39, 0.29) is 18.0 Å². The summed E-state index contributed by atoms with van der Waals surface area (Å²) >= 11 is 0. The monoisotopic (exact) mass is 330 g/mol. The van der Waals surface area contributed by atoms with Crippen molar-refractivity contribution in [1.29, 1.82) is 0 Å². The number of nitrogens with two attached hydrogens (primary N) is 1. The van der Waals surface area contributed by atoms with Gasteiger partial charge in [0.15, 0.2) is 0 Å². The third kappa shape index (κ3) is 4.15. The number of rotatable bonds is 3. The number of piperazine rings is 1. The molecule has 0 saturated carbocycles. The van der Waals surface area contributed by atoms with Crippen LogP contribution in [0.15, 0.2) is 24.3 Å². The highest BCUT2D eigenvalue weighted by Gasteiger charge is 2.27. The Morgan fingerprint density at radius 3 is 2.42 bits per heavy atom. The van der Waals surface area contributed by atoms with Gasteiger partial charge >= 0.3 is 0 Å². The summed E-state index contributed by atoms with van der Waals surface area (Å²) in [5.41, 5.74) is 8.07. The van der Waals surface area contributed by atoms with Crippen LogP contribution in [0.25, 0.3) is 0 Å². The number of hydrogen-bond donors (Lipinski definition) is 1. The molecule has 5 heteroatoms. The summed E-state index contributed by atoms with van der Waals surface area (Å²) in [5, 5.41) is 0. The van der Waals surface area contributed by atoms with Gasteiger partial charge < -0.3 is 15.5 Å². The summed E-state index contributed by atoms with van der Waals surface area (Å²) in [5.74, 6) is 0.139. The quantitative estimate of drug-likeness (QED) is 0.910. The van der Waals surface area contributed by atoms with Gasteiger partial charge in [0.25, 0.3) is 5.91 Å². The van der Waals surface area contributed by atoms with Crippen LogP contribution in [0.4, 0.5) is 0 Å². The maximum Gasteiger partial charge on any atom is 0.254 e. The number of likely N-dealkylation sites (tertiary alicyclic amines) is 1. The van der Waals surface area contributed by atoms with Gasteiger partial charge in [-0.2, -0.15) is 0 Å². The minimum Gasteiger partial charge on any atom is -0.336 e. The first kappa shape index (κ1) is 17.4. The molecule has 132 valence electrons. The van der Waals surface area contributed by atoms with Gasteiger partial charge in [-0.1, -0.05) is 12.1 Å². The van der Waals surface area contributed by atoms with Crippen LogP contribution in [0.1, 0.15) is 35.7 Å². The number of nitrogens with zero attached hydrogens (tertiary/aromatic N) is 3. The summed E-state index contributed by atoms with van der Waals surface area (Å²) < 4.78 is 0. The van der Waals surface area contributed by atoms with E-state index in [1.807, 2.05) is 17.0 Å². The molecule has 2 unspecified atom stereocenters. The van der Waals surface area contributed by atoms with Crippen LogP contribution < -0.4 is 5.73 Å². The molecule has 2 atom stereocenters. The van der Waals surface area contributed by atoms with E-state index in [1.54, 1.807) is 0 Å². The van der Waals surface area contributed by atoms with Crippen molar-refractivity contribution in [2.75, 3.05) is 39.8 Å². The van der Waals surface area contributed by atoms with E-state index < -0.39 is 0 Å². The molecule has 24 heavy (non-hydrogen) atoms. The zero-order valence-electron chi connectivity index (χ0n) is 14.9. The Bertz CT molecular complexity index is 551. The molecule has 0 aromatic heterocycles. The van der Waals surface area contributed by atoms with E-state index in [1.165, 1.54) is 5.56 Å². The molecule has 2 saturated heterocycles. The Morgan fingerprint density at radius 1 is 1.12 bits per heavy atom. The highest BCUT2D eigenvalue weighted by Crippen LogP contribution is 2.19. The number of benzene rings is 1. The molecular weight excluding hydrogens is 300 g/mol. The van der Waals surface area contributed by atoms with Crippen LogP contribution in [0.3, 0.4) is 0 Å². The van der Waals surface area contributed by atoms with Gasteiger partial charge in [-0.3, -0.25) is 9.69 Å². The van der Waals surface area contributed by atoms with Gasteiger partial charge in [-0.05, 0) is 44.5 Å². The molecule has 1 aromatic carbocycles. The zero-order chi connectivity index (χ0) is 17.1. The van der Waals surface area contributed by atoms with Crippen molar-refractivity contribution in [2.45, 2.75) is 38.4 Å². The number of likely N-dealkylation sites (N-methyl/N-ethyl adjacent to an activating group) is 1. The molecule has 2 aliphatic rings. The lowest BCUT2D eigenvalue weighted by Crippen LogP contribution is -2.48. The van der Waals surface area contributed by atoms with E-state index in [4.69, 9.17) is 5.73 Å². The SMILES string of the molecule is CC1CC(N)CCN1C(=O)c1ccc(CN2CCN(C)CC2)cc1. The summed E-state index contributed by atoms with van der Waals surface area (Å²) in [7, 11) is 2.17. The average molecular weight is 330 g/mol. The van der Waals surface area contributed by atoms with Crippen LogP contribution in [0.2, 0.25) is 0 Å². The smallest absolute Gasteiger partial charge is 0.254 e. The normalized spacial score (nSPS) is 26.5. The van der Waals surface area contributed by atoms with Crippen LogP contribution in [0.5, 0.6) is 0 Å². The lowest BCUT2D eigenvalue weighted by atomic mass is 9.98. The molecule has 0 aliphatic carbocycles. The summed E-state index contributed by atoms with van der Waals surface area (Å²) in [6, 6.07) is 8.63. The van der Waals surface area contributed by atoms with E-state index in [9.17, 15) is 4.79 Å².